The lowest BCUT2D eigenvalue weighted by molar-refractivity contribution is -0.139. The van der Waals surface area contributed by atoms with Gasteiger partial charge in [0.1, 0.15) is 0 Å². The van der Waals surface area contributed by atoms with Gasteiger partial charge in [0.15, 0.2) is 11.5 Å². The molecule has 0 bridgehead atoms. The SMILES string of the molecule is CCOC(=O)C1=C(C)N(CC)C(=O)N[C@@H]1c1cc2c(cc1Cl)OCO2. The maximum absolute atomic E-state index is 12.5. The molecule has 2 amide bonds. The fourth-order valence-corrected chi connectivity index (χ4v) is 3.29. The predicted octanol–water partition coefficient (Wildman–Crippen LogP) is 2.99. The highest BCUT2D eigenvalue weighted by Crippen LogP contribution is 2.42. The van der Waals surface area contributed by atoms with Crippen molar-refractivity contribution in [2.45, 2.75) is 26.8 Å². The van der Waals surface area contributed by atoms with E-state index in [0.29, 0.717) is 39.9 Å². The molecule has 2 heterocycles. The first kappa shape index (κ1) is 17.4. The van der Waals surface area contributed by atoms with Crippen LogP contribution >= 0.6 is 11.6 Å². The van der Waals surface area contributed by atoms with E-state index >= 15 is 0 Å². The second-order valence-electron chi connectivity index (χ2n) is 5.57. The highest BCUT2D eigenvalue weighted by Gasteiger charge is 2.37. The summed E-state index contributed by atoms with van der Waals surface area (Å²) >= 11 is 6.38. The van der Waals surface area contributed by atoms with Crippen LogP contribution < -0.4 is 14.8 Å². The standard InChI is InChI=1S/C17H19ClN2O5/c1-4-20-9(3)14(16(21)23-5-2)15(19-17(20)22)10-6-12-13(7-11(10)18)25-8-24-12/h6-7,15H,4-5,8H2,1-3H3,(H,19,22)/t15-/m1/s1. The minimum absolute atomic E-state index is 0.107. The van der Waals surface area contributed by atoms with Crippen LogP contribution in [0.3, 0.4) is 0 Å². The molecule has 2 aliphatic heterocycles. The van der Waals surface area contributed by atoms with Crippen LogP contribution in [0.25, 0.3) is 0 Å². The van der Waals surface area contributed by atoms with Gasteiger partial charge in [0.25, 0.3) is 0 Å². The average Bonchev–Trinajstić information content (AvgIpc) is 3.01. The number of benzene rings is 1. The zero-order valence-corrected chi connectivity index (χ0v) is 15.0. The molecule has 25 heavy (non-hydrogen) atoms. The van der Waals surface area contributed by atoms with Gasteiger partial charge in [-0.1, -0.05) is 11.6 Å². The lowest BCUT2D eigenvalue weighted by Gasteiger charge is -2.35. The highest BCUT2D eigenvalue weighted by atomic mass is 35.5. The molecular weight excluding hydrogens is 348 g/mol. The van der Waals surface area contributed by atoms with E-state index < -0.39 is 12.0 Å². The zero-order valence-electron chi connectivity index (χ0n) is 14.2. The van der Waals surface area contributed by atoms with E-state index in [-0.39, 0.29) is 19.4 Å². The van der Waals surface area contributed by atoms with E-state index in [4.69, 9.17) is 25.8 Å². The first-order valence-electron chi connectivity index (χ1n) is 8.02. The van der Waals surface area contributed by atoms with Gasteiger partial charge in [-0.2, -0.15) is 0 Å². The number of carbonyl (C=O) groups excluding carboxylic acids is 2. The summed E-state index contributed by atoms with van der Waals surface area (Å²) in [5.74, 6) is 0.564. The second-order valence-corrected chi connectivity index (χ2v) is 5.98. The molecule has 0 aliphatic carbocycles. The van der Waals surface area contributed by atoms with E-state index in [1.165, 1.54) is 4.90 Å². The van der Waals surface area contributed by atoms with Crippen molar-refractivity contribution in [3.8, 4) is 11.5 Å². The number of urea groups is 1. The summed E-state index contributed by atoms with van der Waals surface area (Å²) in [6, 6.07) is 2.28. The fraction of sp³-hybridized carbons (Fsp3) is 0.412. The molecule has 1 atom stereocenters. The Morgan fingerprint density at radius 2 is 2.04 bits per heavy atom. The van der Waals surface area contributed by atoms with Crippen molar-refractivity contribution in [1.82, 2.24) is 10.2 Å². The molecule has 3 rings (SSSR count). The quantitative estimate of drug-likeness (QED) is 0.829. The summed E-state index contributed by atoms with van der Waals surface area (Å²) < 4.78 is 15.9. The minimum atomic E-state index is -0.726. The zero-order chi connectivity index (χ0) is 18.1. The lowest BCUT2D eigenvalue weighted by Crippen LogP contribution is -2.48. The van der Waals surface area contributed by atoms with Crippen molar-refractivity contribution in [1.29, 1.82) is 0 Å². The topological polar surface area (TPSA) is 77.1 Å². The summed E-state index contributed by atoms with van der Waals surface area (Å²) in [4.78, 5) is 26.5. The summed E-state index contributed by atoms with van der Waals surface area (Å²) in [6.45, 7) is 6.06. The monoisotopic (exact) mass is 366 g/mol. The predicted molar refractivity (Wildman–Crippen MR) is 90.6 cm³/mol. The summed E-state index contributed by atoms with van der Waals surface area (Å²) in [7, 11) is 0. The van der Waals surface area contributed by atoms with Crippen LogP contribution in [0.4, 0.5) is 4.79 Å². The first-order valence-corrected chi connectivity index (χ1v) is 8.40. The molecule has 0 spiro atoms. The number of fused-ring (bicyclic) bond motifs is 1. The van der Waals surface area contributed by atoms with Gasteiger partial charge in [0, 0.05) is 23.9 Å². The summed E-state index contributed by atoms with van der Waals surface area (Å²) in [6.07, 6.45) is 0. The van der Waals surface area contributed by atoms with Crippen molar-refractivity contribution in [3.63, 3.8) is 0 Å². The van der Waals surface area contributed by atoms with Gasteiger partial charge in [-0.25, -0.2) is 9.59 Å². The molecule has 134 valence electrons. The molecule has 0 aromatic heterocycles. The van der Waals surface area contributed by atoms with Crippen molar-refractivity contribution in [2.75, 3.05) is 19.9 Å². The van der Waals surface area contributed by atoms with Crippen LogP contribution in [0.2, 0.25) is 5.02 Å². The number of nitrogens with one attached hydrogen (secondary N) is 1. The van der Waals surface area contributed by atoms with E-state index in [1.54, 1.807) is 26.0 Å². The summed E-state index contributed by atoms with van der Waals surface area (Å²) in [5, 5.41) is 3.20. The lowest BCUT2D eigenvalue weighted by atomic mass is 9.94. The first-order chi connectivity index (χ1) is 12.0. The molecular formula is C17H19ClN2O5. The molecule has 0 fully saturated rings. The van der Waals surface area contributed by atoms with Crippen molar-refractivity contribution in [2.24, 2.45) is 0 Å². The van der Waals surface area contributed by atoms with E-state index in [1.807, 2.05) is 6.92 Å². The van der Waals surface area contributed by atoms with Gasteiger partial charge in [-0.15, -0.1) is 0 Å². The van der Waals surface area contributed by atoms with E-state index in [0.717, 1.165) is 0 Å². The molecule has 0 saturated heterocycles. The average molecular weight is 367 g/mol. The third-order valence-electron chi connectivity index (χ3n) is 4.21. The molecule has 0 unspecified atom stereocenters. The molecule has 8 heteroatoms. The number of rotatable bonds is 4. The summed E-state index contributed by atoms with van der Waals surface area (Å²) in [5.41, 5.74) is 1.45. The van der Waals surface area contributed by atoms with Gasteiger partial charge < -0.3 is 19.5 Å². The number of hydrogen-bond donors (Lipinski definition) is 1. The number of esters is 1. The van der Waals surface area contributed by atoms with Crippen molar-refractivity contribution in [3.05, 3.63) is 34.0 Å². The van der Waals surface area contributed by atoms with Crippen molar-refractivity contribution < 1.29 is 23.8 Å². The number of allylic oxidation sites excluding steroid dienone is 1. The molecule has 0 radical (unpaired) electrons. The number of halogens is 1. The van der Waals surface area contributed by atoms with Crippen LogP contribution in [0.15, 0.2) is 23.4 Å². The Bertz CT molecular complexity index is 762. The second kappa shape index (κ2) is 6.84. The van der Waals surface area contributed by atoms with Gasteiger partial charge in [-0.05, 0) is 26.8 Å². The van der Waals surface area contributed by atoms with E-state index in [2.05, 4.69) is 5.32 Å². The number of carbonyl (C=O) groups is 2. The maximum Gasteiger partial charge on any atom is 0.338 e. The van der Waals surface area contributed by atoms with Crippen molar-refractivity contribution >= 4 is 23.6 Å². The number of amides is 2. The van der Waals surface area contributed by atoms with E-state index in [9.17, 15) is 9.59 Å². The van der Waals surface area contributed by atoms with Gasteiger partial charge in [-0.3, -0.25) is 4.90 Å². The largest absolute Gasteiger partial charge is 0.463 e. The third kappa shape index (κ3) is 3.00. The molecule has 7 nitrogen and oxygen atoms in total. The van der Waals surface area contributed by atoms with Gasteiger partial charge >= 0.3 is 12.0 Å². The third-order valence-corrected chi connectivity index (χ3v) is 4.54. The Balaban J connectivity index is 2.11. The Kier molecular flexibility index (Phi) is 4.76. The van der Waals surface area contributed by atoms with Crippen LogP contribution in [0.1, 0.15) is 32.4 Å². The van der Waals surface area contributed by atoms with Gasteiger partial charge in [0.2, 0.25) is 6.79 Å². The van der Waals surface area contributed by atoms with Crippen LogP contribution in [-0.4, -0.2) is 36.8 Å². The Labute approximate surface area is 150 Å². The smallest absolute Gasteiger partial charge is 0.338 e. The number of ether oxygens (including phenoxy) is 3. The molecule has 1 aromatic rings. The Morgan fingerprint density at radius 3 is 2.68 bits per heavy atom. The normalized spacial score (nSPS) is 19.1. The van der Waals surface area contributed by atoms with Crippen LogP contribution in [0, 0.1) is 0 Å². The number of nitrogens with zero attached hydrogens (tertiary/aromatic N) is 1. The highest BCUT2D eigenvalue weighted by molar-refractivity contribution is 6.31. The van der Waals surface area contributed by atoms with Crippen LogP contribution in [-0.2, 0) is 9.53 Å². The Morgan fingerprint density at radius 1 is 1.36 bits per heavy atom. The molecule has 1 aromatic carbocycles. The molecule has 1 N–H and O–H groups in total. The fourth-order valence-electron chi connectivity index (χ4n) is 3.02. The molecule has 0 saturated carbocycles. The van der Waals surface area contributed by atoms with Crippen LogP contribution in [0.5, 0.6) is 11.5 Å². The minimum Gasteiger partial charge on any atom is -0.463 e. The van der Waals surface area contributed by atoms with Gasteiger partial charge in [0.05, 0.1) is 23.2 Å². The maximum atomic E-state index is 12.5. The molecule has 2 aliphatic rings. The number of hydrogen-bond acceptors (Lipinski definition) is 5. The Hall–Kier alpha value is -2.41.